The van der Waals surface area contributed by atoms with Crippen LogP contribution in [0.2, 0.25) is 0 Å². The normalized spacial score (nSPS) is 18.2. The number of aryl methyl sites for hydroxylation is 1. The van der Waals surface area contributed by atoms with E-state index in [1.54, 1.807) is 0 Å². The summed E-state index contributed by atoms with van der Waals surface area (Å²) < 4.78 is 2.18. The fourth-order valence-electron chi connectivity index (χ4n) is 4.28. The fraction of sp³-hybridized carbons (Fsp3) is 0.571. The summed E-state index contributed by atoms with van der Waals surface area (Å²) in [6.07, 6.45) is 11.2. The van der Waals surface area contributed by atoms with E-state index in [2.05, 4.69) is 32.2 Å². The maximum Gasteiger partial charge on any atom is 0.251 e. The summed E-state index contributed by atoms with van der Waals surface area (Å²) in [5.74, 6) is 2.57. The SMILES string of the molecule is O=C(NCc1nnc2n1CCCCC2)c1ccc(C2CCCCC2)cc1. The molecular formula is C21H28N4O. The van der Waals surface area contributed by atoms with Crippen LogP contribution in [0.1, 0.15) is 84.9 Å². The van der Waals surface area contributed by atoms with Crippen LogP contribution in [-0.4, -0.2) is 20.7 Å². The number of carbonyl (C=O) groups excluding carboxylic acids is 1. The summed E-state index contributed by atoms with van der Waals surface area (Å²) in [6.45, 7) is 1.40. The summed E-state index contributed by atoms with van der Waals surface area (Å²) in [5.41, 5.74) is 2.10. The van der Waals surface area contributed by atoms with Crippen molar-refractivity contribution in [3.8, 4) is 0 Å². The number of carbonyl (C=O) groups is 1. The van der Waals surface area contributed by atoms with Crippen molar-refractivity contribution >= 4 is 5.91 Å². The first-order valence-corrected chi connectivity index (χ1v) is 10.1. The Kier molecular flexibility index (Phi) is 5.32. The summed E-state index contributed by atoms with van der Waals surface area (Å²) in [4.78, 5) is 12.5. The van der Waals surface area contributed by atoms with Gasteiger partial charge in [0, 0.05) is 18.5 Å². The Balaban J connectivity index is 1.37. The van der Waals surface area contributed by atoms with Crippen molar-refractivity contribution in [1.29, 1.82) is 0 Å². The molecule has 1 fully saturated rings. The van der Waals surface area contributed by atoms with Crippen molar-refractivity contribution in [2.75, 3.05) is 0 Å². The summed E-state index contributed by atoms with van der Waals surface area (Å²) in [7, 11) is 0. The van der Waals surface area contributed by atoms with Crippen LogP contribution < -0.4 is 5.32 Å². The molecule has 26 heavy (non-hydrogen) atoms. The Morgan fingerprint density at radius 1 is 1.00 bits per heavy atom. The second-order valence-electron chi connectivity index (χ2n) is 7.63. The van der Waals surface area contributed by atoms with Crippen LogP contribution >= 0.6 is 0 Å². The maximum absolute atomic E-state index is 12.5. The van der Waals surface area contributed by atoms with E-state index in [-0.39, 0.29) is 5.91 Å². The number of benzene rings is 1. The Bertz CT molecular complexity index is 744. The number of hydrogen-bond donors (Lipinski definition) is 1. The van der Waals surface area contributed by atoms with Gasteiger partial charge in [0.15, 0.2) is 5.82 Å². The van der Waals surface area contributed by atoms with Gasteiger partial charge in [0.05, 0.1) is 6.54 Å². The quantitative estimate of drug-likeness (QED) is 0.905. The molecule has 0 bridgehead atoms. The average Bonchev–Trinajstić information content (AvgIpc) is 2.93. The zero-order valence-corrected chi connectivity index (χ0v) is 15.4. The first kappa shape index (κ1) is 17.3. The number of nitrogens with zero attached hydrogens (tertiary/aromatic N) is 3. The van der Waals surface area contributed by atoms with Crippen LogP contribution in [0.15, 0.2) is 24.3 Å². The monoisotopic (exact) mass is 352 g/mol. The van der Waals surface area contributed by atoms with Gasteiger partial charge in [-0.1, -0.05) is 37.8 Å². The summed E-state index contributed by atoms with van der Waals surface area (Å²) in [5, 5.41) is 11.6. The lowest BCUT2D eigenvalue weighted by molar-refractivity contribution is 0.0949. The van der Waals surface area contributed by atoms with Crippen LogP contribution in [-0.2, 0) is 19.5 Å². The lowest BCUT2D eigenvalue weighted by atomic mass is 9.84. The van der Waals surface area contributed by atoms with Crippen molar-refractivity contribution in [3.63, 3.8) is 0 Å². The van der Waals surface area contributed by atoms with E-state index in [0.717, 1.165) is 36.6 Å². The molecule has 1 aromatic heterocycles. The molecule has 1 amide bonds. The van der Waals surface area contributed by atoms with Gasteiger partial charge in [0.1, 0.15) is 5.82 Å². The second-order valence-corrected chi connectivity index (χ2v) is 7.63. The number of hydrogen-bond acceptors (Lipinski definition) is 3. The molecule has 5 nitrogen and oxygen atoms in total. The van der Waals surface area contributed by atoms with Crippen LogP contribution in [0, 0.1) is 0 Å². The lowest BCUT2D eigenvalue weighted by Crippen LogP contribution is -2.25. The molecule has 138 valence electrons. The highest BCUT2D eigenvalue weighted by atomic mass is 16.1. The van der Waals surface area contributed by atoms with Crippen molar-refractivity contribution in [2.24, 2.45) is 0 Å². The highest BCUT2D eigenvalue weighted by Gasteiger charge is 2.17. The van der Waals surface area contributed by atoms with Gasteiger partial charge in [-0.2, -0.15) is 0 Å². The van der Waals surface area contributed by atoms with Crippen molar-refractivity contribution in [1.82, 2.24) is 20.1 Å². The number of rotatable bonds is 4. The Morgan fingerprint density at radius 2 is 1.77 bits per heavy atom. The number of fused-ring (bicyclic) bond motifs is 1. The van der Waals surface area contributed by atoms with E-state index in [1.807, 2.05) is 12.1 Å². The standard InChI is InChI=1S/C21H28N4O/c26-21(18-12-10-17(11-13-18)16-7-3-1-4-8-16)22-15-20-24-23-19-9-5-2-6-14-25(19)20/h10-13,16H,1-9,14-15H2,(H,22,26). The minimum Gasteiger partial charge on any atom is -0.345 e. The van der Waals surface area contributed by atoms with E-state index in [9.17, 15) is 4.79 Å². The molecule has 1 aliphatic heterocycles. The molecule has 0 radical (unpaired) electrons. The van der Waals surface area contributed by atoms with Crippen LogP contribution in [0.5, 0.6) is 0 Å². The number of amides is 1. The molecular weight excluding hydrogens is 324 g/mol. The first-order valence-electron chi connectivity index (χ1n) is 10.1. The molecule has 1 N–H and O–H groups in total. The summed E-state index contributed by atoms with van der Waals surface area (Å²) >= 11 is 0. The van der Waals surface area contributed by atoms with Crippen LogP contribution in [0.25, 0.3) is 0 Å². The Hall–Kier alpha value is -2.17. The molecule has 1 saturated carbocycles. The van der Waals surface area contributed by atoms with E-state index in [0.29, 0.717) is 12.5 Å². The Labute approximate surface area is 155 Å². The predicted octanol–water partition coefficient (Wildman–Crippen LogP) is 3.98. The largest absolute Gasteiger partial charge is 0.345 e. The molecule has 0 atom stereocenters. The van der Waals surface area contributed by atoms with E-state index in [1.165, 1.54) is 50.5 Å². The smallest absolute Gasteiger partial charge is 0.251 e. The van der Waals surface area contributed by atoms with Gasteiger partial charge >= 0.3 is 0 Å². The molecule has 4 rings (SSSR count). The molecule has 0 unspecified atom stereocenters. The van der Waals surface area contributed by atoms with E-state index in [4.69, 9.17) is 0 Å². The van der Waals surface area contributed by atoms with Crippen LogP contribution in [0.4, 0.5) is 0 Å². The highest BCUT2D eigenvalue weighted by Crippen LogP contribution is 2.32. The summed E-state index contributed by atoms with van der Waals surface area (Å²) in [6, 6.07) is 8.19. The Morgan fingerprint density at radius 3 is 2.58 bits per heavy atom. The number of aromatic nitrogens is 3. The zero-order valence-electron chi connectivity index (χ0n) is 15.4. The van der Waals surface area contributed by atoms with Gasteiger partial charge < -0.3 is 9.88 Å². The van der Waals surface area contributed by atoms with Crippen molar-refractivity contribution in [2.45, 2.75) is 76.8 Å². The van der Waals surface area contributed by atoms with Gasteiger partial charge in [-0.15, -0.1) is 10.2 Å². The van der Waals surface area contributed by atoms with Crippen molar-refractivity contribution in [3.05, 3.63) is 47.0 Å². The van der Waals surface area contributed by atoms with Crippen molar-refractivity contribution < 1.29 is 4.79 Å². The molecule has 2 aromatic rings. The third kappa shape index (κ3) is 3.81. The minimum atomic E-state index is -0.0360. The third-order valence-electron chi connectivity index (χ3n) is 5.84. The van der Waals surface area contributed by atoms with Crippen LogP contribution in [0.3, 0.4) is 0 Å². The molecule has 2 aliphatic rings. The maximum atomic E-state index is 12.5. The van der Waals surface area contributed by atoms with E-state index >= 15 is 0 Å². The average molecular weight is 352 g/mol. The molecule has 5 heteroatoms. The topological polar surface area (TPSA) is 59.8 Å². The van der Waals surface area contributed by atoms with Gasteiger partial charge in [-0.05, 0) is 49.3 Å². The molecule has 0 saturated heterocycles. The molecule has 0 spiro atoms. The fourth-order valence-corrected chi connectivity index (χ4v) is 4.28. The molecule has 2 heterocycles. The number of nitrogens with one attached hydrogen (secondary N) is 1. The third-order valence-corrected chi connectivity index (χ3v) is 5.84. The minimum absolute atomic E-state index is 0.0360. The van der Waals surface area contributed by atoms with E-state index < -0.39 is 0 Å². The lowest BCUT2D eigenvalue weighted by Gasteiger charge is -2.22. The molecule has 1 aromatic carbocycles. The highest BCUT2D eigenvalue weighted by molar-refractivity contribution is 5.94. The van der Waals surface area contributed by atoms with Gasteiger partial charge in [-0.3, -0.25) is 4.79 Å². The van der Waals surface area contributed by atoms with Gasteiger partial charge in [0.2, 0.25) is 0 Å². The molecule has 1 aliphatic carbocycles. The van der Waals surface area contributed by atoms with Gasteiger partial charge in [-0.25, -0.2) is 0 Å². The first-order chi connectivity index (χ1) is 12.8. The predicted molar refractivity (Wildman–Crippen MR) is 101 cm³/mol. The second kappa shape index (κ2) is 8.02. The zero-order chi connectivity index (χ0) is 17.8. The van der Waals surface area contributed by atoms with Gasteiger partial charge in [0.25, 0.3) is 5.91 Å².